The van der Waals surface area contributed by atoms with Gasteiger partial charge in [0, 0.05) is 56.6 Å². The number of benzene rings is 1. The molecule has 35 heavy (non-hydrogen) atoms. The predicted octanol–water partition coefficient (Wildman–Crippen LogP) is 3.67. The van der Waals surface area contributed by atoms with E-state index in [9.17, 15) is 9.18 Å². The molecule has 3 fully saturated rings. The van der Waals surface area contributed by atoms with Gasteiger partial charge in [0.05, 0.1) is 12.3 Å². The lowest BCUT2D eigenvalue weighted by Crippen LogP contribution is -2.56. The smallest absolute Gasteiger partial charge is 0.227 e. The van der Waals surface area contributed by atoms with Crippen LogP contribution in [-0.4, -0.2) is 66.4 Å². The molecule has 0 radical (unpaired) electrons. The van der Waals surface area contributed by atoms with Crippen LogP contribution in [0, 0.1) is 5.82 Å². The summed E-state index contributed by atoms with van der Waals surface area (Å²) in [4.78, 5) is 22.9. The van der Waals surface area contributed by atoms with E-state index < -0.39 is 18.2 Å². The van der Waals surface area contributed by atoms with Crippen LogP contribution in [0.4, 0.5) is 10.1 Å². The molecule has 0 spiro atoms. The predicted molar refractivity (Wildman–Crippen MR) is 133 cm³/mol. The zero-order valence-corrected chi connectivity index (χ0v) is 20.5. The second kappa shape index (κ2) is 11.0. The van der Waals surface area contributed by atoms with Gasteiger partial charge in [-0.1, -0.05) is 18.6 Å². The van der Waals surface area contributed by atoms with Gasteiger partial charge >= 0.3 is 0 Å². The first-order valence-corrected chi connectivity index (χ1v) is 12.9. The number of likely N-dealkylation sites (tertiary alicyclic amines) is 1. The molecule has 1 aromatic heterocycles. The van der Waals surface area contributed by atoms with E-state index >= 15 is 0 Å². The molecule has 1 amide bonds. The van der Waals surface area contributed by atoms with Crippen molar-refractivity contribution in [2.24, 2.45) is 0 Å². The first-order chi connectivity index (χ1) is 17.1. The molecule has 188 valence electrons. The molecule has 3 saturated heterocycles. The van der Waals surface area contributed by atoms with E-state index in [2.05, 4.69) is 44.4 Å². The van der Waals surface area contributed by atoms with Crippen molar-refractivity contribution in [2.75, 3.05) is 38.1 Å². The van der Waals surface area contributed by atoms with Crippen molar-refractivity contribution in [2.45, 2.75) is 63.6 Å². The second-order valence-corrected chi connectivity index (χ2v) is 10.0. The third-order valence-corrected chi connectivity index (χ3v) is 7.57. The third kappa shape index (κ3) is 5.82. The van der Waals surface area contributed by atoms with Crippen LogP contribution in [0.25, 0.3) is 0 Å². The monoisotopic (exact) mass is 481 g/mol. The maximum absolute atomic E-state index is 14.3. The molecule has 1 N–H and O–H groups in total. The average molecular weight is 482 g/mol. The Bertz CT molecular complexity index is 989. The molecule has 0 bridgehead atoms. The van der Waals surface area contributed by atoms with Crippen LogP contribution in [0.3, 0.4) is 0 Å². The number of amides is 1. The van der Waals surface area contributed by atoms with E-state index in [-0.39, 0.29) is 18.4 Å². The summed E-state index contributed by atoms with van der Waals surface area (Å²) in [6.07, 6.45) is 8.16. The fraction of sp³-hybridized carbons (Fsp3) is 0.556. The Hall–Kier alpha value is -2.55. The van der Waals surface area contributed by atoms with E-state index in [1.165, 1.54) is 49.8 Å². The van der Waals surface area contributed by atoms with Gasteiger partial charge in [-0.3, -0.25) is 20.0 Å². The number of pyridine rings is 1. The number of carbonyl (C=O) groups is 1. The molecule has 4 heterocycles. The minimum atomic E-state index is -0.570. The fourth-order valence-corrected chi connectivity index (χ4v) is 5.41. The lowest BCUT2D eigenvalue weighted by atomic mass is 10.0. The first kappa shape index (κ1) is 24.2. The summed E-state index contributed by atoms with van der Waals surface area (Å²) in [5, 5.41) is 3.32. The summed E-state index contributed by atoms with van der Waals surface area (Å²) in [5.74, 6) is -0.464. The maximum atomic E-state index is 14.3. The highest BCUT2D eigenvalue weighted by molar-refractivity contribution is 5.77. The van der Waals surface area contributed by atoms with Gasteiger partial charge in [-0.2, -0.15) is 0 Å². The Morgan fingerprint density at radius 1 is 1.06 bits per heavy atom. The summed E-state index contributed by atoms with van der Waals surface area (Å²) < 4.78 is 20.6. The maximum Gasteiger partial charge on any atom is 0.227 e. The molecule has 5 rings (SSSR count). The summed E-state index contributed by atoms with van der Waals surface area (Å²) in [7, 11) is 1.74. The van der Waals surface area contributed by atoms with Gasteiger partial charge in [0.25, 0.3) is 0 Å². The summed E-state index contributed by atoms with van der Waals surface area (Å²) in [6, 6.07) is 10.2. The normalized spacial score (nSPS) is 24.7. The molecule has 3 aliphatic rings. The van der Waals surface area contributed by atoms with E-state index in [1.807, 2.05) is 0 Å². The van der Waals surface area contributed by atoms with Gasteiger partial charge in [-0.05, 0) is 62.5 Å². The molecule has 8 heteroatoms. The number of aromatic nitrogens is 1. The molecule has 3 aliphatic heterocycles. The van der Waals surface area contributed by atoms with Crippen LogP contribution in [-0.2, 0) is 16.1 Å². The van der Waals surface area contributed by atoms with Gasteiger partial charge in [0.1, 0.15) is 5.82 Å². The zero-order chi connectivity index (χ0) is 24.2. The number of hydrogen-bond acceptors (Lipinski definition) is 6. The van der Waals surface area contributed by atoms with Crippen molar-refractivity contribution in [1.82, 2.24) is 20.1 Å². The van der Waals surface area contributed by atoms with Gasteiger partial charge < -0.3 is 14.5 Å². The molecule has 2 unspecified atom stereocenters. The summed E-state index contributed by atoms with van der Waals surface area (Å²) in [6.45, 7) is 5.28. The number of nitrogens with zero attached hydrogens (tertiary/aromatic N) is 4. The fourth-order valence-electron chi connectivity index (χ4n) is 5.41. The highest BCUT2D eigenvalue weighted by atomic mass is 19.1. The highest BCUT2D eigenvalue weighted by Gasteiger charge is 2.35. The first-order valence-electron chi connectivity index (χ1n) is 12.9. The van der Waals surface area contributed by atoms with E-state index in [0.29, 0.717) is 5.56 Å². The van der Waals surface area contributed by atoms with Crippen LogP contribution < -0.4 is 10.2 Å². The van der Waals surface area contributed by atoms with Crippen LogP contribution in [0.5, 0.6) is 0 Å². The van der Waals surface area contributed by atoms with Gasteiger partial charge in [0.15, 0.2) is 6.35 Å². The van der Waals surface area contributed by atoms with Gasteiger partial charge in [-0.25, -0.2) is 4.39 Å². The SMILES string of the molecule is CN1C(=O)CC(c2ccncc2F)NC1OC1CCN(c2ccc(CN3CCCCC3)cc2)CC1. The Morgan fingerprint density at radius 3 is 2.51 bits per heavy atom. The minimum absolute atomic E-state index is 0.0402. The van der Waals surface area contributed by atoms with Gasteiger partial charge in [0.2, 0.25) is 5.91 Å². The second-order valence-electron chi connectivity index (χ2n) is 10.0. The van der Waals surface area contributed by atoms with Gasteiger partial charge in [-0.15, -0.1) is 0 Å². The summed E-state index contributed by atoms with van der Waals surface area (Å²) >= 11 is 0. The van der Waals surface area contributed by atoms with E-state index in [0.717, 1.165) is 32.5 Å². The Labute approximate surface area is 207 Å². The minimum Gasteiger partial charge on any atom is -0.371 e. The molecule has 0 saturated carbocycles. The molecule has 0 aliphatic carbocycles. The number of rotatable bonds is 6. The summed E-state index contributed by atoms with van der Waals surface area (Å²) in [5.41, 5.74) is 3.08. The molecule has 7 nitrogen and oxygen atoms in total. The Balaban J connectivity index is 1.13. The molecular weight excluding hydrogens is 445 g/mol. The Kier molecular flexibility index (Phi) is 7.60. The van der Waals surface area contributed by atoms with Crippen molar-refractivity contribution >= 4 is 11.6 Å². The topological polar surface area (TPSA) is 60.9 Å². The zero-order valence-electron chi connectivity index (χ0n) is 20.5. The number of hydrogen-bond donors (Lipinski definition) is 1. The van der Waals surface area contributed by atoms with Crippen LogP contribution in [0.1, 0.15) is 55.7 Å². The molecule has 2 aromatic rings. The van der Waals surface area contributed by atoms with Crippen molar-refractivity contribution in [3.05, 3.63) is 59.7 Å². The largest absolute Gasteiger partial charge is 0.371 e. The van der Waals surface area contributed by atoms with Crippen molar-refractivity contribution in [3.8, 4) is 0 Å². The van der Waals surface area contributed by atoms with Crippen LogP contribution in [0.2, 0.25) is 0 Å². The van der Waals surface area contributed by atoms with E-state index in [4.69, 9.17) is 4.74 Å². The standard InChI is InChI=1S/C27H36FN5O2/c1-31-26(34)17-25(23-9-12-29-18-24(23)28)30-27(31)35-22-10-15-33(16-11-22)21-7-5-20(6-8-21)19-32-13-3-2-4-14-32/h5-9,12,18,22,25,27,30H,2-4,10-11,13-17,19H2,1H3. The number of carbonyl (C=O) groups excluding carboxylic acids is 1. The number of piperidine rings is 2. The Morgan fingerprint density at radius 2 is 1.80 bits per heavy atom. The third-order valence-electron chi connectivity index (χ3n) is 7.57. The lowest BCUT2D eigenvalue weighted by molar-refractivity contribution is -0.167. The average Bonchev–Trinajstić information content (AvgIpc) is 2.88. The van der Waals surface area contributed by atoms with Crippen molar-refractivity contribution in [3.63, 3.8) is 0 Å². The number of anilines is 1. The van der Waals surface area contributed by atoms with Crippen LogP contribution >= 0.6 is 0 Å². The van der Waals surface area contributed by atoms with Crippen LogP contribution in [0.15, 0.2) is 42.7 Å². The van der Waals surface area contributed by atoms with Crippen molar-refractivity contribution < 1.29 is 13.9 Å². The number of ether oxygens (including phenoxy) is 1. The van der Waals surface area contributed by atoms with Crippen molar-refractivity contribution in [1.29, 1.82) is 0 Å². The number of nitrogens with one attached hydrogen (secondary N) is 1. The molecule has 2 atom stereocenters. The highest BCUT2D eigenvalue weighted by Crippen LogP contribution is 2.28. The molecule has 1 aromatic carbocycles. The van der Waals surface area contributed by atoms with E-state index in [1.54, 1.807) is 24.2 Å². The number of halogens is 1. The molecular formula is C27H36FN5O2. The quantitative estimate of drug-likeness (QED) is 0.680. The lowest BCUT2D eigenvalue weighted by Gasteiger charge is -2.41.